The molecule has 0 amide bonds. The lowest BCUT2D eigenvalue weighted by molar-refractivity contribution is 0.258. The molecule has 7 heteroatoms. The first-order valence-electron chi connectivity index (χ1n) is 12.7. The van der Waals surface area contributed by atoms with Gasteiger partial charge >= 0.3 is 0 Å². The molecular weight excluding hydrogens is 446 g/mol. The van der Waals surface area contributed by atoms with Crippen LogP contribution in [0.15, 0.2) is 61.6 Å². The van der Waals surface area contributed by atoms with Gasteiger partial charge < -0.3 is 15.2 Å². The third-order valence-electron chi connectivity index (χ3n) is 6.41. The van der Waals surface area contributed by atoms with E-state index in [1.54, 1.807) is 0 Å². The Bertz CT molecular complexity index is 1150. The lowest BCUT2D eigenvalue weighted by atomic mass is 10.0. The number of nitrogens with zero attached hydrogens (tertiary/aromatic N) is 5. The smallest absolute Gasteiger partial charge is 0.129 e. The van der Waals surface area contributed by atoms with Crippen LogP contribution in [-0.4, -0.2) is 73.7 Å². The molecule has 192 valence electrons. The molecule has 3 heterocycles. The van der Waals surface area contributed by atoms with E-state index < -0.39 is 0 Å². The zero-order chi connectivity index (χ0) is 25.9. The highest BCUT2D eigenvalue weighted by Crippen LogP contribution is 2.22. The van der Waals surface area contributed by atoms with Gasteiger partial charge in [0.25, 0.3) is 0 Å². The van der Waals surface area contributed by atoms with Crippen molar-refractivity contribution in [2.45, 2.75) is 20.3 Å². The number of anilines is 2. The molecule has 4 rings (SSSR count). The van der Waals surface area contributed by atoms with Crippen LogP contribution in [0.2, 0.25) is 0 Å². The highest BCUT2D eigenvalue weighted by molar-refractivity contribution is 5.87. The zero-order valence-corrected chi connectivity index (χ0v) is 22.5. The molecule has 0 unspecified atom stereocenters. The summed E-state index contributed by atoms with van der Waals surface area (Å²) < 4.78 is 0. The van der Waals surface area contributed by atoms with E-state index in [-0.39, 0.29) is 0 Å². The minimum absolute atomic E-state index is 0.888. The van der Waals surface area contributed by atoms with E-state index in [1.807, 2.05) is 50.7 Å². The molecule has 1 saturated heterocycles. The Hall–Kier alpha value is -3.42. The second kappa shape index (κ2) is 13.6. The Morgan fingerprint density at radius 3 is 2.50 bits per heavy atom. The summed E-state index contributed by atoms with van der Waals surface area (Å²) in [5.41, 5.74) is 6.62. The molecule has 1 aromatic carbocycles. The molecular formula is C29H41N7. The van der Waals surface area contributed by atoms with Gasteiger partial charge in [0.05, 0.1) is 0 Å². The number of nitrogens with one attached hydrogen (secondary N) is 2. The molecule has 1 aliphatic rings. The molecule has 2 aromatic heterocycles. The molecule has 0 saturated carbocycles. The average Bonchev–Trinajstić information content (AvgIpc) is 2.93. The van der Waals surface area contributed by atoms with Gasteiger partial charge in [-0.25, -0.2) is 15.4 Å². The number of hydrogen-bond acceptors (Lipinski definition) is 7. The summed E-state index contributed by atoms with van der Waals surface area (Å²) in [6.45, 7) is 13.8. The fourth-order valence-electron chi connectivity index (χ4n) is 4.20. The predicted molar refractivity (Wildman–Crippen MR) is 155 cm³/mol. The van der Waals surface area contributed by atoms with Crippen LogP contribution in [0.3, 0.4) is 0 Å². The fourth-order valence-corrected chi connectivity index (χ4v) is 4.20. The minimum Gasteiger partial charge on any atom is -0.373 e. The number of aromatic nitrogens is 2. The monoisotopic (exact) mass is 487 g/mol. The van der Waals surface area contributed by atoms with Crippen molar-refractivity contribution in [1.82, 2.24) is 25.3 Å². The maximum atomic E-state index is 4.44. The summed E-state index contributed by atoms with van der Waals surface area (Å²) in [4.78, 5) is 13.6. The molecule has 0 spiro atoms. The quantitative estimate of drug-likeness (QED) is 0.436. The zero-order valence-electron chi connectivity index (χ0n) is 22.5. The normalized spacial score (nSPS) is 14.2. The molecule has 3 aromatic rings. The largest absolute Gasteiger partial charge is 0.373 e. The molecule has 0 radical (unpaired) electrons. The van der Waals surface area contributed by atoms with Crippen molar-refractivity contribution in [2.75, 3.05) is 64.1 Å². The van der Waals surface area contributed by atoms with Crippen LogP contribution in [-0.2, 0) is 0 Å². The van der Waals surface area contributed by atoms with Gasteiger partial charge in [0.1, 0.15) is 11.6 Å². The molecule has 7 nitrogen and oxygen atoms in total. The number of pyridine rings is 2. The lowest BCUT2D eigenvalue weighted by Gasteiger charge is -2.35. The van der Waals surface area contributed by atoms with Crippen LogP contribution >= 0.6 is 0 Å². The van der Waals surface area contributed by atoms with Crippen LogP contribution in [0, 0.1) is 0 Å². The van der Waals surface area contributed by atoms with Gasteiger partial charge in [0.15, 0.2) is 0 Å². The first-order valence-corrected chi connectivity index (χ1v) is 12.7. The minimum atomic E-state index is 0.888. The van der Waals surface area contributed by atoms with Crippen molar-refractivity contribution in [1.29, 1.82) is 0 Å². The summed E-state index contributed by atoms with van der Waals surface area (Å²) in [5.74, 6) is 1.97. The molecule has 1 aliphatic heterocycles. The number of fused-ring (bicyclic) bond motifs is 1. The Morgan fingerprint density at radius 1 is 1.06 bits per heavy atom. The highest BCUT2D eigenvalue weighted by atomic mass is 15.5. The third-order valence-corrected chi connectivity index (χ3v) is 6.41. The first-order chi connectivity index (χ1) is 17.5. The Morgan fingerprint density at radius 2 is 1.83 bits per heavy atom. The topological polar surface area (TPSA) is 59.6 Å². The second-order valence-electron chi connectivity index (χ2n) is 9.01. The van der Waals surface area contributed by atoms with E-state index >= 15 is 0 Å². The van der Waals surface area contributed by atoms with Crippen molar-refractivity contribution in [3.05, 3.63) is 72.7 Å². The van der Waals surface area contributed by atoms with Gasteiger partial charge in [-0.2, -0.15) is 0 Å². The molecule has 0 bridgehead atoms. The summed E-state index contributed by atoms with van der Waals surface area (Å²) in [6.07, 6.45) is 8.94. The number of allylic oxidation sites excluding steroid dienone is 1. The number of piperazine rings is 1. The highest BCUT2D eigenvalue weighted by Gasteiger charge is 2.17. The molecule has 0 aliphatic carbocycles. The molecule has 0 atom stereocenters. The SMILES string of the molecule is C=Cc1ccnc(N2CCN(CCC)CC2)c1.CNc1cc2cc(/C(C)=C/N(C)NC)ccc2cn1. The van der Waals surface area contributed by atoms with E-state index in [4.69, 9.17) is 0 Å². The van der Waals surface area contributed by atoms with Gasteiger partial charge in [-0.1, -0.05) is 31.7 Å². The van der Waals surface area contributed by atoms with Gasteiger partial charge in [-0.3, -0.25) is 4.90 Å². The molecule has 2 N–H and O–H groups in total. The average molecular weight is 488 g/mol. The Labute approximate surface area is 216 Å². The maximum absolute atomic E-state index is 4.44. The predicted octanol–water partition coefficient (Wildman–Crippen LogP) is 4.96. The van der Waals surface area contributed by atoms with Gasteiger partial charge in [-0.05, 0) is 66.2 Å². The summed E-state index contributed by atoms with van der Waals surface area (Å²) in [7, 11) is 5.76. The van der Waals surface area contributed by atoms with Crippen molar-refractivity contribution in [2.24, 2.45) is 0 Å². The van der Waals surface area contributed by atoms with Gasteiger partial charge in [-0.15, -0.1) is 0 Å². The van der Waals surface area contributed by atoms with Crippen LogP contribution < -0.4 is 15.6 Å². The molecule has 36 heavy (non-hydrogen) atoms. The number of hydrogen-bond donors (Lipinski definition) is 2. The standard InChI is InChI=1S/C15H20N4.C14H21N3/c1-11(10-19(4)17-3)12-5-6-13-9-18-15(16-2)8-14(13)7-12;1-3-7-16-8-10-17(11-9-16)14-12-13(4-2)5-6-15-14/h5-10,17H,1-4H3,(H,16,18);4-6,12H,2-3,7-11H2,1H3/b11-10+;. The third kappa shape index (κ3) is 7.54. The van der Waals surface area contributed by atoms with E-state index in [0.717, 1.165) is 48.8 Å². The van der Waals surface area contributed by atoms with Gasteiger partial charge in [0.2, 0.25) is 0 Å². The van der Waals surface area contributed by atoms with Gasteiger partial charge in [0, 0.05) is 71.3 Å². The maximum Gasteiger partial charge on any atom is 0.129 e. The Kier molecular flexibility index (Phi) is 10.3. The van der Waals surface area contributed by atoms with Crippen molar-refractivity contribution < 1.29 is 0 Å². The van der Waals surface area contributed by atoms with E-state index in [2.05, 4.69) is 87.5 Å². The van der Waals surface area contributed by atoms with Crippen LogP contribution in [0.5, 0.6) is 0 Å². The van der Waals surface area contributed by atoms with Crippen molar-refractivity contribution >= 4 is 34.1 Å². The molecule has 1 fully saturated rings. The number of hydrazine groups is 1. The van der Waals surface area contributed by atoms with E-state index in [1.165, 1.54) is 29.5 Å². The summed E-state index contributed by atoms with van der Waals surface area (Å²) >= 11 is 0. The van der Waals surface area contributed by atoms with Crippen LogP contribution in [0.1, 0.15) is 31.4 Å². The van der Waals surface area contributed by atoms with Crippen molar-refractivity contribution in [3.63, 3.8) is 0 Å². The fraction of sp³-hybridized carbons (Fsp3) is 0.379. The van der Waals surface area contributed by atoms with E-state index in [0.29, 0.717) is 0 Å². The lowest BCUT2D eigenvalue weighted by Crippen LogP contribution is -2.46. The Balaban J connectivity index is 0.000000202. The van der Waals surface area contributed by atoms with Crippen LogP contribution in [0.25, 0.3) is 22.4 Å². The van der Waals surface area contributed by atoms with Crippen LogP contribution in [0.4, 0.5) is 11.6 Å². The van der Waals surface area contributed by atoms with Crippen molar-refractivity contribution in [3.8, 4) is 0 Å². The summed E-state index contributed by atoms with van der Waals surface area (Å²) in [6, 6.07) is 12.6. The second-order valence-corrected chi connectivity index (χ2v) is 9.01. The first kappa shape index (κ1) is 27.2. The number of rotatable bonds is 8. The number of benzene rings is 1. The van der Waals surface area contributed by atoms with E-state index in [9.17, 15) is 0 Å². The summed E-state index contributed by atoms with van der Waals surface area (Å²) in [5, 5.41) is 7.34.